The zero-order valence-corrected chi connectivity index (χ0v) is 14.9. The molecule has 0 fully saturated rings. The molecule has 0 spiro atoms. The lowest BCUT2D eigenvalue weighted by molar-refractivity contribution is 0.0972. The molecule has 1 heterocycles. The molecule has 0 aliphatic rings. The standard InChI is InChI=1S/C18H17Cl2N3O/c1-10(2)12-4-3-5-15-17(12)22-18(21)23(15)9-16(24)13-7-6-11(19)8-14(13)20/h3-8,10H,9H2,1-2H3,(H2,21,22). The third-order valence-corrected chi connectivity index (χ3v) is 4.58. The quantitative estimate of drug-likeness (QED) is 0.646. The molecule has 124 valence electrons. The molecule has 0 radical (unpaired) electrons. The summed E-state index contributed by atoms with van der Waals surface area (Å²) in [6.07, 6.45) is 0. The van der Waals surface area contributed by atoms with Crippen molar-refractivity contribution in [3.63, 3.8) is 0 Å². The molecule has 0 aliphatic carbocycles. The van der Waals surface area contributed by atoms with Crippen LogP contribution in [0.25, 0.3) is 11.0 Å². The molecule has 0 amide bonds. The summed E-state index contributed by atoms with van der Waals surface area (Å²) in [4.78, 5) is 15.7. The molecule has 3 aromatic rings. The topological polar surface area (TPSA) is 61.6 Å². The average molecular weight is 362 g/mol. The second-order valence-corrected chi connectivity index (χ2v) is 6.85. The molecule has 4 nitrogen and oxygen atoms in total. The Labute approximate surface area is 149 Å². The van der Waals surface area contributed by atoms with Gasteiger partial charge in [-0.15, -0.1) is 0 Å². The van der Waals surface area contributed by atoms with E-state index in [9.17, 15) is 4.79 Å². The Hall–Kier alpha value is -2.04. The Bertz CT molecular complexity index is 986. The van der Waals surface area contributed by atoms with Crippen molar-refractivity contribution in [3.8, 4) is 0 Å². The number of hydrogen-bond donors (Lipinski definition) is 2. The van der Waals surface area contributed by atoms with Gasteiger partial charge in [-0.3, -0.25) is 10.2 Å². The van der Waals surface area contributed by atoms with E-state index >= 15 is 0 Å². The van der Waals surface area contributed by atoms with Crippen molar-refractivity contribution in [1.82, 2.24) is 9.55 Å². The smallest absolute Gasteiger partial charge is 0.200 e. The van der Waals surface area contributed by atoms with Crippen molar-refractivity contribution in [1.29, 1.82) is 5.41 Å². The summed E-state index contributed by atoms with van der Waals surface area (Å²) in [6.45, 7) is 4.24. The van der Waals surface area contributed by atoms with E-state index in [2.05, 4.69) is 18.8 Å². The van der Waals surface area contributed by atoms with Crippen LogP contribution in [0.4, 0.5) is 0 Å². The molecule has 0 saturated heterocycles. The van der Waals surface area contributed by atoms with Crippen LogP contribution in [0.15, 0.2) is 36.4 Å². The van der Waals surface area contributed by atoms with Gasteiger partial charge in [0.15, 0.2) is 5.78 Å². The van der Waals surface area contributed by atoms with E-state index in [0.29, 0.717) is 21.5 Å². The number of aromatic amines is 1. The summed E-state index contributed by atoms with van der Waals surface area (Å²) >= 11 is 12.0. The number of benzene rings is 2. The zero-order chi connectivity index (χ0) is 17.4. The average Bonchev–Trinajstić information content (AvgIpc) is 2.82. The summed E-state index contributed by atoms with van der Waals surface area (Å²) in [5, 5.41) is 8.99. The van der Waals surface area contributed by atoms with E-state index < -0.39 is 0 Å². The van der Waals surface area contributed by atoms with E-state index in [-0.39, 0.29) is 17.9 Å². The van der Waals surface area contributed by atoms with Crippen molar-refractivity contribution >= 4 is 40.0 Å². The first-order chi connectivity index (χ1) is 11.4. The maximum absolute atomic E-state index is 12.6. The van der Waals surface area contributed by atoms with Crippen LogP contribution in [0.3, 0.4) is 0 Å². The lowest BCUT2D eigenvalue weighted by Gasteiger charge is -2.08. The van der Waals surface area contributed by atoms with Crippen LogP contribution in [0.2, 0.25) is 10.0 Å². The number of aromatic nitrogens is 2. The number of halogens is 2. The highest BCUT2D eigenvalue weighted by atomic mass is 35.5. The van der Waals surface area contributed by atoms with Gasteiger partial charge in [-0.25, -0.2) is 0 Å². The van der Waals surface area contributed by atoms with Crippen LogP contribution in [-0.2, 0) is 6.54 Å². The first-order valence-corrected chi connectivity index (χ1v) is 8.38. The Morgan fingerprint density at radius 3 is 2.67 bits per heavy atom. The predicted octanol–water partition coefficient (Wildman–Crippen LogP) is 4.76. The van der Waals surface area contributed by atoms with Crippen molar-refractivity contribution < 1.29 is 4.79 Å². The SMILES string of the molecule is CC(C)c1cccc2c1[nH]c(=N)n2CC(=O)c1ccc(Cl)cc1Cl. The molecule has 1 aromatic heterocycles. The Balaban J connectivity index is 2.04. The van der Waals surface area contributed by atoms with Crippen LogP contribution < -0.4 is 5.62 Å². The van der Waals surface area contributed by atoms with Gasteiger partial charge in [0, 0.05) is 10.6 Å². The number of hydrogen-bond acceptors (Lipinski definition) is 2. The molecular formula is C18H17Cl2N3O. The summed E-state index contributed by atoms with van der Waals surface area (Å²) in [6, 6.07) is 10.7. The van der Waals surface area contributed by atoms with Crippen molar-refractivity contribution in [2.45, 2.75) is 26.3 Å². The second-order valence-electron chi connectivity index (χ2n) is 6.00. The van der Waals surface area contributed by atoms with E-state index in [4.69, 9.17) is 28.6 Å². The van der Waals surface area contributed by atoms with E-state index in [1.54, 1.807) is 22.8 Å². The first-order valence-electron chi connectivity index (χ1n) is 7.62. The fraction of sp³-hybridized carbons (Fsp3) is 0.222. The third kappa shape index (κ3) is 2.99. The third-order valence-electron chi connectivity index (χ3n) is 4.03. The number of carbonyl (C=O) groups is 1. The lowest BCUT2D eigenvalue weighted by Crippen LogP contribution is -2.22. The zero-order valence-electron chi connectivity index (χ0n) is 13.4. The fourth-order valence-electron chi connectivity index (χ4n) is 2.81. The Kier molecular flexibility index (Phi) is 4.52. The molecule has 0 saturated carbocycles. The van der Waals surface area contributed by atoms with Gasteiger partial charge in [-0.1, -0.05) is 49.2 Å². The molecule has 0 atom stereocenters. The lowest BCUT2D eigenvalue weighted by atomic mass is 10.0. The second kappa shape index (κ2) is 6.46. The van der Waals surface area contributed by atoms with Gasteiger partial charge >= 0.3 is 0 Å². The largest absolute Gasteiger partial charge is 0.324 e. The molecule has 6 heteroatoms. The maximum Gasteiger partial charge on any atom is 0.200 e. The summed E-state index contributed by atoms with van der Waals surface area (Å²) in [5.74, 6) is 0.160. The number of H-pyrrole nitrogens is 1. The van der Waals surface area contributed by atoms with Crippen LogP contribution in [0.5, 0.6) is 0 Å². The highest BCUT2D eigenvalue weighted by Crippen LogP contribution is 2.24. The molecule has 0 aliphatic heterocycles. The molecule has 0 unspecified atom stereocenters. The van der Waals surface area contributed by atoms with Gasteiger partial charge in [-0.05, 0) is 35.7 Å². The number of Topliss-reactive ketones (excluding diaryl/α,β-unsaturated/α-hetero) is 1. The fourth-order valence-corrected chi connectivity index (χ4v) is 3.33. The van der Waals surface area contributed by atoms with Crippen LogP contribution >= 0.6 is 23.2 Å². The summed E-state index contributed by atoms with van der Waals surface area (Å²) in [7, 11) is 0. The predicted molar refractivity (Wildman–Crippen MR) is 97.0 cm³/mol. The highest BCUT2D eigenvalue weighted by molar-refractivity contribution is 6.36. The summed E-state index contributed by atoms with van der Waals surface area (Å²) in [5.41, 5.74) is 3.45. The number of nitrogens with zero attached hydrogens (tertiary/aromatic N) is 1. The molecule has 2 aromatic carbocycles. The van der Waals surface area contributed by atoms with Crippen LogP contribution in [0, 0.1) is 5.41 Å². The van der Waals surface area contributed by atoms with Crippen LogP contribution in [-0.4, -0.2) is 15.3 Å². The van der Waals surface area contributed by atoms with Gasteiger partial charge in [0.2, 0.25) is 5.62 Å². The van der Waals surface area contributed by atoms with Gasteiger partial charge in [0.1, 0.15) is 0 Å². The molecule has 24 heavy (non-hydrogen) atoms. The first kappa shape index (κ1) is 16.8. The molecule has 2 N–H and O–H groups in total. The normalized spacial score (nSPS) is 11.4. The molecule has 3 rings (SSSR count). The maximum atomic E-state index is 12.6. The minimum Gasteiger partial charge on any atom is -0.324 e. The minimum atomic E-state index is -0.161. The monoisotopic (exact) mass is 361 g/mol. The van der Waals surface area contributed by atoms with Gasteiger partial charge < -0.3 is 9.55 Å². The minimum absolute atomic E-state index is 0.0434. The number of fused-ring (bicyclic) bond motifs is 1. The van der Waals surface area contributed by atoms with Crippen LogP contribution in [0.1, 0.15) is 35.7 Å². The van der Waals surface area contributed by atoms with E-state index in [1.165, 1.54) is 0 Å². The number of imidazole rings is 1. The number of ketones is 1. The van der Waals surface area contributed by atoms with Crippen molar-refractivity contribution in [2.24, 2.45) is 0 Å². The number of nitrogens with one attached hydrogen (secondary N) is 2. The summed E-state index contributed by atoms with van der Waals surface area (Å²) < 4.78 is 1.66. The van der Waals surface area contributed by atoms with E-state index in [1.807, 2.05) is 18.2 Å². The Morgan fingerprint density at radius 2 is 2.00 bits per heavy atom. The highest BCUT2D eigenvalue weighted by Gasteiger charge is 2.16. The number of rotatable bonds is 4. The van der Waals surface area contributed by atoms with Gasteiger partial charge in [-0.2, -0.15) is 0 Å². The number of carbonyl (C=O) groups excluding carboxylic acids is 1. The van der Waals surface area contributed by atoms with Gasteiger partial charge in [0.05, 0.1) is 22.6 Å². The molecule has 0 bridgehead atoms. The van der Waals surface area contributed by atoms with Crippen molar-refractivity contribution in [3.05, 3.63) is 63.2 Å². The molecular weight excluding hydrogens is 345 g/mol. The number of para-hydroxylation sites is 1. The Morgan fingerprint density at radius 1 is 1.25 bits per heavy atom. The van der Waals surface area contributed by atoms with Gasteiger partial charge in [0.25, 0.3) is 0 Å². The van der Waals surface area contributed by atoms with Crippen molar-refractivity contribution in [2.75, 3.05) is 0 Å². The van der Waals surface area contributed by atoms with E-state index in [0.717, 1.165) is 16.6 Å².